The maximum Gasteiger partial charge on any atom is 1.00 e. The van der Waals surface area contributed by atoms with E-state index in [9.17, 15) is 0 Å². The topological polar surface area (TPSA) is 9.23 Å². The summed E-state index contributed by atoms with van der Waals surface area (Å²) in [6.07, 6.45) is 1.72. The fourth-order valence-corrected chi connectivity index (χ4v) is 0.623. The third kappa shape index (κ3) is 3.93. The molecule has 2 heteroatoms. The molecule has 0 aliphatic carbocycles. The van der Waals surface area contributed by atoms with Crippen molar-refractivity contribution >= 4 is 0 Å². The van der Waals surface area contributed by atoms with E-state index < -0.39 is 0 Å². The molecule has 0 atom stereocenters. The minimum absolute atomic E-state index is 0. The molecule has 0 radical (unpaired) electrons. The van der Waals surface area contributed by atoms with Crippen LogP contribution in [0.25, 0.3) is 0 Å². The Morgan fingerprint density at radius 2 is 2.09 bits per heavy atom. The molecule has 1 aromatic rings. The Bertz CT molecular complexity index is 196. The van der Waals surface area contributed by atoms with Gasteiger partial charge in [-0.2, -0.15) is 18.2 Å². The fourth-order valence-electron chi connectivity index (χ4n) is 0.623. The predicted octanol–water partition coefficient (Wildman–Crippen LogP) is -0.944. The van der Waals surface area contributed by atoms with Crippen molar-refractivity contribution in [3.05, 3.63) is 43.0 Å². The van der Waals surface area contributed by atoms with Crippen LogP contribution >= 0.6 is 0 Å². The summed E-state index contributed by atoms with van der Waals surface area (Å²) in [5, 5.41) is 0. The number of hydrogen-bond donors (Lipinski definition) is 0. The first-order valence-corrected chi connectivity index (χ1v) is 3.13. The van der Waals surface area contributed by atoms with Crippen molar-refractivity contribution in [2.45, 2.75) is 0 Å². The van der Waals surface area contributed by atoms with Crippen LogP contribution < -0.4 is 23.6 Å². The number of rotatable bonds is 3. The molecule has 1 nitrogen and oxygen atoms in total. The molecule has 0 saturated heterocycles. The molecule has 0 unspecified atom stereocenters. The van der Waals surface area contributed by atoms with Crippen molar-refractivity contribution in [2.24, 2.45) is 0 Å². The van der Waals surface area contributed by atoms with Crippen LogP contribution in [0.1, 0.15) is 0 Å². The summed E-state index contributed by atoms with van der Waals surface area (Å²) in [6.45, 7) is 4.10. The van der Waals surface area contributed by atoms with Gasteiger partial charge in [-0.15, -0.1) is 12.1 Å². The van der Waals surface area contributed by atoms with E-state index >= 15 is 0 Å². The van der Waals surface area contributed by atoms with Gasteiger partial charge in [0.25, 0.3) is 0 Å². The zero-order valence-corrected chi connectivity index (χ0v) is 6.71. The van der Waals surface area contributed by atoms with Gasteiger partial charge in [-0.3, -0.25) is 0 Å². The fraction of sp³-hybridized carbons (Fsp3) is 0.111. The minimum atomic E-state index is 0. The maximum absolute atomic E-state index is 5.22. The molecule has 0 fully saturated rings. The third-order valence-electron chi connectivity index (χ3n) is 1.06. The van der Waals surface area contributed by atoms with Crippen molar-refractivity contribution in [3.63, 3.8) is 0 Å². The smallest absolute Gasteiger partial charge is 0.515 e. The van der Waals surface area contributed by atoms with Gasteiger partial charge < -0.3 is 4.74 Å². The van der Waals surface area contributed by atoms with E-state index in [0.717, 1.165) is 5.75 Å². The van der Waals surface area contributed by atoms with Gasteiger partial charge >= 0.3 is 18.9 Å². The van der Waals surface area contributed by atoms with Gasteiger partial charge in [0.1, 0.15) is 6.61 Å². The number of hydrogen-bond acceptors (Lipinski definition) is 1. The van der Waals surface area contributed by atoms with Crippen molar-refractivity contribution in [1.29, 1.82) is 0 Å². The van der Waals surface area contributed by atoms with Crippen LogP contribution in [0.5, 0.6) is 5.75 Å². The summed E-state index contributed by atoms with van der Waals surface area (Å²) in [5.41, 5.74) is 0. The molecule has 0 saturated carbocycles. The van der Waals surface area contributed by atoms with Gasteiger partial charge in [-0.1, -0.05) is 12.7 Å². The molecule has 11 heavy (non-hydrogen) atoms. The normalized spacial score (nSPS) is 8.00. The van der Waals surface area contributed by atoms with Crippen molar-refractivity contribution in [3.8, 4) is 5.75 Å². The Hall–Kier alpha value is -0.643. The summed E-state index contributed by atoms with van der Waals surface area (Å²) in [5.74, 6) is 0.860. The summed E-state index contributed by atoms with van der Waals surface area (Å²) in [7, 11) is 0. The van der Waals surface area contributed by atoms with Crippen LogP contribution in [-0.4, -0.2) is 6.61 Å². The van der Waals surface area contributed by atoms with Gasteiger partial charge in [0.15, 0.2) is 0 Å². The van der Waals surface area contributed by atoms with Crippen LogP contribution in [0, 0.1) is 6.07 Å². The van der Waals surface area contributed by atoms with E-state index in [-0.39, 0.29) is 18.9 Å². The largest absolute Gasteiger partial charge is 1.00 e. The first kappa shape index (κ1) is 10.4. The molecule has 0 aromatic heterocycles. The Kier molecular flexibility index (Phi) is 5.74. The van der Waals surface area contributed by atoms with Gasteiger partial charge in [0.2, 0.25) is 0 Å². The summed E-state index contributed by atoms with van der Waals surface area (Å²) in [4.78, 5) is 0. The summed E-state index contributed by atoms with van der Waals surface area (Å²) >= 11 is 0. The second-order valence-corrected chi connectivity index (χ2v) is 1.84. The van der Waals surface area contributed by atoms with Gasteiger partial charge in [0.05, 0.1) is 0 Å². The Balaban J connectivity index is 0.000001000. The summed E-state index contributed by atoms with van der Waals surface area (Å²) < 4.78 is 5.22. The Labute approximate surface area is 79.2 Å². The van der Waals surface area contributed by atoms with Crippen LogP contribution in [0.3, 0.4) is 0 Å². The van der Waals surface area contributed by atoms with Crippen molar-refractivity contribution in [1.82, 2.24) is 0 Å². The maximum atomic E-state index is 5.22. The minimum Gasteiger partial charge on any atom is -0.515 e. The molecule has 0 aliphatic heterocycles. The standard InChI is InChI=1S/C9H9O.Li/c1-2-8-10-9-6-4-3-5-7-9;/h2,4-7H,1,8H2;/q-1;+1. The van der Waals surface area contributed by atoms with E-state index in [4.69, 9.17) is 4.74 Å². The Morgan fingerprint density at radius 1 is 1.45 bits per heavy atom. The molecule has 52 valence electrons. The molecular formula is C9H9LiO. The average Bonchev–Trinajstić information content (AvgIpc) is 2.03. The molecule has 0 bridgehead atoms. The summed E-state index contributed by atoms with van der Waals surface area (Å²) in [6, 6.07) is 10.3. The van der Waals surface area contributed by atoms with Crippen molar-refractivity contribution < 1.29 is 23.6 Å². The Morgan fingerprint density at radius 3 is 2.64 bits per heavy atom. The number of benzene rings is 1. The van der Waals surface area contributed by atoms with Crippen LogP contribution in [-0.2, 0) is 0 Å². The molecular weight excluding hydrogens is 131 g/mol. The molecule has 0 spiro atoms. The first-order chi connectivity index (χ1) is 4.93. The molecule has 0 heterocycles. The van der Waals surface area contributed by atoms with Gasteiger partial charge in [0, 0.05) is 5.75 Å². The first-order valence-electron chi connectivity index (χ1n) is 3.13. The van der Waals surface area contributed by atoms with E-state index in [1.165, 1.54) is 0 Å². The molecule has 1 aromatic carbocycles. The third-order valence-corrected chi connectivity index (χ3v) is 1.06. The van der Waals surface area contributed by atoms with Gasteiger partial charge in [-0.25, -0.2) is 0 Å². The van der Waals surface area contributed by atoms with Crippen LogP contribution in [0.15, 0.2) is 36.9 Å². The quantitative estimate of drug-likeness (QED) is 0.299. The van der Waals surface area contributed by atoms with Crippen LogP contribution in [0.4, 0.5) is 0 Å². The average molecular weight is 140 g/mol. The molecule has 1 rings (SSSR count). The second-order valence-electron chi connectivity index (χ2n) is 1.84. The van der Waals surface area contributed by atoms with E-state index in [1.807, 2.05) is 24.3 Å². The van der Waals surface area contributed by atoms with Crippen molar-refractivity contribution in [2.75, 3.05) is 6.61 Å². The second kappa shape index (κ2) is 6.09. The number of ether oxygens (including phenoxy) is 1. The van der Waals surface area contributed by atoms with Crippen LogP contribution in [0.2, 0.25) is 0 Å². The van der Waals surface area contributed by atoms with E-state index in [1.54, 1.807) is 6.08 Å². The van der Waals surface area contributed by atoms with E-state index in [2.05, 4.69) is 12.6 Å². The SMILES string of the molecule is C=CCOc1cc[c-]cc1.[Li+]. The predicted molar refractivity (Wildman–Crippen MR) is 41.0 cm³/mol. The molecule has 0 N–H and O–H groups in total. The molecule has 0 aliphatic rings. The monoisotopic (exact) mass is 140 g/mol. The zero-order valence-electron chi connectivity index (χ0n) is 6.71. The molecule has 0 amide bonds. The van der Waals surface area contributed by atoms with E-state index in [0.29, 0.717) is 6.61 Å². The zero-order chi connectivity index (χ0) is 7.23. The van der Waals surface area contributed by atoms with Gasteiger partial charge in [-0.05, 0) is 0 Å².